The van der Waals surface area contributed by atoms with Crippen molar-refractivity contribution in [2.45, 2.75) is 25.2 Å². The molecule has 0 unspecified atom stereocenters. The van der Waals surface area contributed by atoms with E-state index in [2.05, 4.69) is 12.2 Å². The van der Waals surface area contributed by atoms with Crippen LogP contribution in [0.15, 0.2) is 30.4 Å². The predicted molar refractivity (Wildman–Crippen MR) is 88.6 cm³/mol. The topological polar surface area (TPSA) is 70.0 Å². The molecular weight excluding hydrogens is 302 g/mol. The summed E-state index contributed by atoms with van der Waals surface area (Å²) in [4.78, 5) is 11.9. The number of anilines is 1. The largest absolute Gasteiger partial charge is 0.465 e. The predicted octanol–water partition coefficient (Wildman–Crippen LogP) is 3.78. The molecule has 1 saturated heterocycles. The van der Waals surface area contributed by atoms with Crippen LogP contribution in [0.25, 0.3) is 0 Å². The van der Waals surface area contributed by atoms with E-state index in [4.69, 9.17) is 4.74 Å². The van der Waals surface area contributed by atoms with Crippen molar-refractivity contribution in [3.8, 4) is 0 Å². The van der Waals surface area contributed by atoms with Crippen LogP contribution in [-0.2, 0) is 4.74 Å². The standard InChI is InChI=1S/C16H21NO4S/c1-21-16(18)14-9-13(12-5-2-3-6-12)10-15(11-14)17-7-4-8-22(17,19)20/h2-3,9-12,19-20H,4-8H2,1H3. The molecule has 1 aromatic carbocycles. The third-order valence-electron chi connectivity index (χ3n) is 4.26. The lowest BCUT2D eigenvalue weighted by Gasteiger charge is -2.38. The molecule has 0 amide bonds. The van der Waals surface area contributed by atoms with Gasteiger partial charge >= 0.3 is 5.97 Å². The van der Waals surface area contributed by atoms with Crippen LogP contribution in [0.2, 0.25) is 0 Å². The summed E-state index contributed by atoms with van der Waals surface area (Å²) in [5.74, 6) is 0.327. The first-order valence-corrected chi connectivity index (χ1v) is 9.10. The van der Waals surface area contributed by atoms with E-state index >= 15 is 0 Å². The molecule has 0 saturated carbocycles. The lowest BCUT2D eigenvalue weighted by Crippen LogP contribution is -2.22. The van der Waals surface area contributed by atoms with Gasteiger partial charge in [-0.05, 0) is 48.9 Å². The van der Waals surface area contributed by atoms with Gasteiger partial charge in [0.1, 0.15) is 0 Å². The Morgan fingerprint density at radius 3 is 2.59 bits per heavy atom. The van der Waals surface area contributed by atoms with E-state index in [1.165, 1.54) is 7.11 Å². The Labute approximate surface area is 132 Å². The summed E-state index contributed by atoms with van der Waals surface area (Å²) in [5, 5.41) is 0. The molecule has 1 heterocycles. The van der Waals surface area contributed by atoms with Crippen LogP contribution in [0, 0.1) is 0 Å². The average molecular weight is 323 g/mol. The number of ether oxygens (including phenoxy) is 1. The number of allylic oxidation sites excluding steroid dienone is 2. The Morgan fingerprint density at radius 1 is 1.27 bits per heavy atom. The molecule has 0 atom stereocenters. The Morgan fingerprint density at radius 2 is 2.00 bits per heavy atom. The van der Waals surface area contributed by atoms with Crippen molar-refractivity contribution < 1.29 is 18.6 Å². The van der Waals surface area contributed by atoms with Gasteiger partial charge in [0.05, 0.1) is 24.1 Å². The summed E-state index contributed by atoms with van der Waals surface area (Å²) in [7, 11) is -1.41. The molecule has 1 aliphatic heterocycles. The van der Waals surface area contributed by atoms with Crippen LogP contribution in [0.3, 0.4) is 0 Å². The maximum absolute atomic E-state index is 11.9. The van der Waals surface area contributed by atoms with Gasteiger partial charge in [-0.3, -0.25) is 13.4 Å². The Balaban J connectivity index is 2.01. The minimum Gasteiger partial charge on any atom is -0.465 e. The summed E-state index contributed by atoms with van der Waals surface area (Å²) in [5.41, 5.74) is 2.20. The zero-order valence-corrected chi connectivity index (χ0v) is 13.4. The van der Waals surface area contributed by atoms with Gasteiger partial charge in [-0.2, -0.15) is 0 Å². The van der Waals surface area contributed by atoms with Gasteiger partial charge in [0, 0.05) is 6.54 Å². The number of nitrogens with zero attached hydrogens (tertiary/aromatic N) is 1. The molecule has 0 spiro atoms. The second-order valence-corrected chi connectivity index (χ2v) is 7.85. The zero-order chi connectivity index (χ0) is 15.7. The van der Waals surface area contributed by atoms with Gasteiger partial charge in [-0.25, -0.2) is 4.79 Å². The highest BCUT2D eigenvalue weighted by molar-refractivity contribution is 8.25. The summed E-state index contributed by atoms with van der Waals surface area (Å²) in [6.45, 7) is 0.593. The number of benzene rings is 1. The maximum atomic E-state index is 11.9. The number of carbonyl (C=O) groups is 1. The third kappa shape index (κ3) is 2.86. The van der Waals surface area contributed by atoms with E-state index in [9.17, 15) is 13.9 Å². The number of hydrogen-bond acceptors (Lipinski definition) is 5. The summed E-state index contributed by atoms with van der Waals surface area (Å²) >= 11 is 0. The molecule has 22 heavy (non-hydrogen) atoms. The van der Waals surface area contributed by atoms with E-state index in [0.29, 0.717) is 29.5 Å². The van der Waals surface area contributed by atoms with E-state index in [1.807, 2.05) is 12.1 Å². The van der Waals surface area contributed by atoms with E-state index in [-0.39, 0.29) is 0 Å². The highest BCUT2D eigenvalue weighted by Gasteiger charge is 2.30. The van der Waals surface area contributed by atoms with Crippen LogP contribution in [0.5, 0.6) is 0 Å². The quantitative estimate of drug-likeness (QED) is 0.654. The first-order valence-electron chi connectivity index (χ1n) is 7.43. The number of hydrogen-bond donors (Lipinski definition) is 2. The van der Waals surface area contributed by atoms with E-state index < -0.39 is 16.7 Å². The molecule has 0 bridgehead atoms. The average Bonchev–Trinajstić information content (AvgIpc) is 3.15. The van der Waals surface area contributed by atoms with Crippen molar-refractivity contribution in [3.63, 3.8) is 0 Å². The molecular formula is C16H21NO4S. The lowest BCUT2D eigenvalue weighted by atomic mass is 9.94. The Hall–Kier alpha value is -1.50. The van der Waals surface area contributed by atoms with Crippen molar-refractivity contribution in [2.75, 3.05) is 23.7 Å². The van der Waals surface area contributed by atoms with Crippen LogP contribution in [0.4, 0.5) is 5.69 Å². The SMILES string of the molecule is COC(=O)c1cc(C2CC=CC2)cc(N2CCCS2(O)O)c1. The van der Waals surface area contributed by atoms with Gasteiger partial charge in [-0.1, -0.05) is 12.2 Å². The summed E-state index contributed by atoms with van der Waals surface area (Å²) in [6, 6.07) is 5.52. The Kier molecular flexibility index (Phi) is 4.16. The van der Waals surface area contributed by atoms with Crippen LogP contribution >= 0.6 is 10.8 Å². The van der Waals surface area contributed by atoms with E-state index in [0.717, 1.165) is 24.8 Å². The molecule has 1 fully saturated rings. The summed E-state index contributed by atoms with van der Waals surface area (Å²) in [6.07, 6.45) is 6.91. The molecule has 1 aliphatic carbocycles. The number of esters is 1. The molecule has 1 aromatic rings. The number of rotatable bonds is 3. The first kappa shape index (κ1) is 15.4. The molecule has 6 heteroatoms. The lowest BCUT2D eigenvalue weighted by molar-refractivity contribution is 0.0600. The van der Waals surface area contributed by atoms with Gasteiger partial charge in [-0.15, -0.1) is 10.8 Å². The van der Waals surface area contributed by atoms with Crippen LogP contribution < -0.4 is 4.31 Å². The normalized spacial score (nSPS) is 22.0. The fraction of sp³-hybridized carbons (Fsp3) is 0.438. The Bertz CT molecular complexity index is 606. The highest BCUT2D eigenvalue weighted by Crippen LogP contribution is 2.51. The van der Waals surface area contributed by atoms with Crippen molar-refractivity contribution in [1.82, 2.24) is 0 Å². The molecule has 0 aromatic heterocycles. The number of carbonyl (C=O) groups excluding carboxylic acids is 1. The van der Waals surface area contributed by atoms with Gasteiger partial charge in [0.2, 0.25) is 0 Å². The minimum absolute atomic E-state index is 0.341. The van der Waals surface area contributed by atoms with Crippen molar-refractivity contribution in [1.29, 1.82) is 0 Å². The molecule has 2 aliphatic rings. The van der Waals surface area contributed by atoms with Crippen LogP contribution in [-0.4, -0.2) is 34.5 Å². The second-order valence-electron chi connectivity index (χ2n) is 5.74. The molecule has 120 valence electrons. The second kappa shape index (κ2) is 5.95. The first-order chi connectivity index (χ1) is 10.5. The summed E-state index contributed by atoms with van der Waals surface area (Å²) < 4.78 is 26.8. The molecule has 5 nitrogen and oxygen atoms in total. The van der Waals surface area contributed by atoms with Crippen LogP contribution in [0.1, 0.15) is 41.1 Å². The fourth-order valence-corrected chi connectivity index (χ4v) is 4.70. The smallest absolute Gasteiger partial charge is 0.337 e. The van der Waals surface area contributed by atoms with Gasteiger partial charge in [0.25, 0.3) is 0 Å². The minimum atomic E-state index is -2.76. The van der Waals surface area contributed by atoms with Crippen molar-refractivity contribution in [3.05, 3.63) is 41.5 Å². The zero-order valence-electron chi connectivity index (χ0n) is 12.6. The van der Waals surface area contributed by atoms with Gasteiger partial charge in [0.15, 0.2) is 0 Å². The van der Waals surface area contributed by atoms with Crippen molar-refractivity contribution >= 4 is 22.4 Å². The van der Waals surface area contributed by atoms with Crippen molar-refractivity contribution in [2.24, 2.45) is 0 Å². The highest BCUT2D eigenvalue weighted by atomic mass is 32.3. The molecule has 0 radical (unpaired) electrons. The van der Waals surface area contributed by atoms with Gasteiger partial charge < -0.3 is 4.74 Å². The fourth-order valence-electron chi connectivity index (χ4n) is 3.10. The third-order valence-corrected chi connectivity index (χ3v) is 6.20. The monoisotopic (exact) mass is 323 g/mol. The molecule has 2 N–H and O–H groups in total. The van der Waals surface area contributed by atoms with E-state index in [1.54, 1.807) is 10.4 Å². The maximum Gasteiger partial charge on any atom is 0.337 e. The number of methoxy groups -OCH3 is 1. The molecule has 3 rings (SSSR count).